The Kier molecular flexibility index (Phi) is 5.80. The van der Waals surface area contributed by atoms with E-state index in [2.05, 4.69) is 22.8 Å². The zero-order chi connectivity index (χ0) is 22.8. The summed E-state index contributed by atoms with van der Waals surface area (Å²) in [5, 5.41) is 0.977. The van der Waals surface area contributed by atoms with Gasteiger partial charge in [0.2, 0.25) is 5.78 Å². The van der Waals surface area contributed by atoms with E-state index in [1.54, 1.807) is 11.3 Å². The quantitative estimate of drug-likeness (QED) is 0.258. The van der Waals surface area contributed by atoms with Crippen LogP contribution in [0.15, 0.2) is 84.9 Å². The molecule has 2 aromatic heterocycles. The standard InChI is InChI=1S/C28H24N2O2S/c1-19-16-24(20(2)30(19)17-21-8-4-3-5-9-21)26(31)18-32-23-14-12-22(13-15-23)28-29-25-10-6-7-11-27(25)33-28/h3-16H,17-18H2,1-2H3. The van der Waals surface area contributed by atoms with Gasteiger partial charge < -0.3 is 9.30 Å². The number of ether oxygens (including phenoxy) is 1. The second-order valence-electron chi connectivity index (χ2n) is 8.08. The number of benzene rings is 3. The van der Waals surface area contributed by atoms with Crippen LogP contribution < -0.4 is 4.74 Å². The first-order chi connectivity index (χ1) is 16.1. The molecule has 0 aliphatic carbocycles. The molecule has 0 saturated carbocycles. The van der Waals surface area contributed by atoms with Crippen LogP contribution in [0.3, 0.4) is 0 Å². The van der Waals surface area contributed by atoms with Crippen LogP contribution in [0.25, 0.3) is 20.8 Å². The van der Waals surface area contributed by atoms with Gasteiger partial charge in [-0.05, 0) is 61.9 Å². The van der Waals surface area contributed by atoms with E-state index >= 15 is 0 Å². The summed E-state index contributed by atoms with van der Waals surface area (Å²) in [6.07, 6.45) is 0. The number of aromatic nitrogens is 2. The number of Topliss-reactive ketones (excluding diaryl/α,β-unsaturated/α-hetero) is 1. The van der Waals surface area contributed by atoms with E-state index in [-0.39, 0.29) is 12.4 Å². The Bertz CT molecular complexity index is 1380. The van der Waals surface area contributed by atoms with Crippen LogP contribution in [0.4, 0.5) is 0 Å². The van der Waals surface area contributed by atoms with Crippen molar-refractivity contribution in [3.63, 3.8) is 0 Å². The van der Waals surface area contributed by atoms with Crippen molar-refractivity contribution in [1.82, 2.24) is 9.55 Å². The fourth-order valence-electron chi connectivity index (χ4n) is 4.01. The van der Waals surface area contributed by atoms with Crippen molar-refractivity contribution in [2.75, 3.05) is 6.61 Å². The molecule has 33 heavy (non-hydrogen) atoms. The van der Waals surface area contributed by atoms with Crippen molar-refractivity contribution in [3.8, 4) is 16.3 Å². The maximum Gasteiger partial charge on any atom is 0.202 e. The summed E-state index contributed by atoms with van der Waals surface area (Å²) in [4.78, 5) is 17.6. The lowest BCUT2D eigenvalue weighted by Crippen LogP contribution is -2.13. The lowest BCUT2D eigenvalue weighted by Gasteiger charge is -2.10. The number of hydrogen-bond donors (Lipinski definition) is 0. The molecule has 3 aromatic carbocycles. The van der Waals surface area contributed by atoms with Gasteiger partial charge in [-0.25, -0.2) is 4.98 Å². The van der Waals surface area contributed by atoms with Gasteiger partial charge in [-0.3, -0.25) is 4.79 Å². The number of ketones is 1. The molecular formula is C28H24N2O2S. The van der Waals surface area contributed by atoms with Crippen molar-refractivity contribution in [3.05, 3.63) is 107 Å². The fourth-order valence-corrected chi connectivity index (χ4v) is 4.98. The van der Waals surface area contributed by atoms with Crippen LogP contribution in [0, 0.1) is 13.8 Å². The largest absolute Gasteiger partial charge is 0.485 e. The molecule has 0 fully saturated rings. The highest BCUT2D eigenvalue weighted by Gasteiger charge is 2.16. The van der Waals surface area contributed by atoms with Crippen LogP contribution in [0.2, 0.25) is 0 Å². The molecule has 2 heterocycles. The van der Waals surface area contributed by atoms with Gasteiger partial charge in [0.25, 0.3) is 0 Å². The number of carbonyl (C=O) groups excluding carboxylic acids is 1. The van der Waals surface area contributed by atoms with Crippen LogP contribution in [0.1, 0.15) is 27.3 Å². The van der Waals surface area contributed by atoms with Gasteiger partial charge in [0.15, 0.2) is 6.61 Å². The second kappa shape index (κ2) is 9.04. The smallest absolute Gasteiger partial charge is 0.202 e. The van der Waals surface area contributed by atoms with Gasteiger partial charge in [0.05, 0.1) is 10.2 Å². The molecule has 0 unspecified atom stereocenters. The molecule has 5 aromatic rings. The molecule has 4 nitrogen and oxygen atoms in total. The molecule has 0 saturated heterocycles. The maximum absolute atomic E-state index is 12.9. The first-order valence-electron chi connectivity index (χ1n) is 10.9. The predicted molar refractivity (Wildman–Crippen MR) is 134 cm³/mol. The van der Waals surface area contributed by atoms with Crippen molar-refractivity contribution in [1.29, 1.82) is 0 Å². The first kappa shape index (κ1) is 21.2. The van der Waals surface area contributed by atoms with E-state index in [0.29, 0.717) is 5.75 Å². The molecule has 0 aliphatic heterocycles. The molecule has 164 valence electrons. The third kappa shape index (κ3) is 4.45. The zero-order valence-electron chi connectivity index (χ0n) is 18.6. The Morgan fingerprint density at radius 1 is 0.939 bits per heavy atom. The minimum absolute atomic E-state index is 0.0100. The lowest BCUT2D eigenvalue weighted by atomic mass is 10.1. The van der Waals surface area contributed by atoms with Crippen molar-refractivity contribution in [2.45, 2.75) is 20.4 Å². The fraction of sp³-hybridized carbons (Fsp3) is 0.143. The molecule has 0 atom stereocenters. The van der Waals surface area contributed by atoms with E-state index in [9.17, 15) is 4.79 Å². The molecular weight excluding hydrogens is 428 g/mol. The molecule has 0 spiro atoms. The van der Waals surface area contributed by atoms with E-state index in [1.165, 1.54) is 10.3 Å². The first-order valence-corrected chi connectivity index (χ1v) is 11.7. The van der Waals surface area contributed by atoms with Gasteiger partial charge in [0.1, 0.15) is 10.8 Å². The number of fused-ring (bicyclic) bond motifs is 1. The Labute approximate surface area is 197 Å². The zero-order valence-corrected chi connectivity index (χ0v) is 19.4. The van der Waals surface area contributed by atoms with Crippen LogP contribution in [-0.4, -0.2) is 21.9 Å². The van der Waals surface area contributed by atoms with Gasteiger partial charge >= 0.3 is 0 Å². The van der Waals surface area contributed by atoms with Crippen molar-refractivity contribution in [2.24, 2.45) is 0 Å². The highest BCUT2D eigenvalue weighted by molar-refractivity contribution is 7.21. The van der Waals surface area contributed by atoms with Crippen LogP contribution in [-0.2, 0) is 6.54 Å². The van der Waals surface area contributed by atoms with Gasteiger partial charge in [-0.1, -0.05) is 42.5 Å². The Balaban J connectivity index is 1.26. The number of thiazole rings is 1. The Morgan fingerprint density at radius 2 is 1.67 bits per heavy atom. The molecule has 0 amide bonds. The van der Waals surface area contributed by atoms with Crippen molar-refractivity contribution >= 4 is 27.3 Å². The Hall–Kier alpha value is -3.70. The predicted octanol–water partition coefficient (Wildman–Crippen LogP) is 6.69. The lowest BCUT2D eigenvalue weighted by molar-refractivity contribution is 0.0921. The molecule has 0 N–H and O–H groups in total. The summed E-state index contributed by atoms with van der Waals surface area (Å²) in [5.74, 6) is 0.656. The average Bonchev–Trinajstić information content (AvgIpc) is 3.40. The number of nitrogens with zero attached hydrogens (tertiary/aromatic N) is 2. The summed E-state index contributed by atoms with van der Waals surface area (Å²) in [6.45, 7) is 4.79. The number of aryl methyl sites for hydroxylation is 1. The summed E-state index contributed by atoms with van der Waals surface area (Å²) in [5.41, 5.74) is 6.01. The SMILES string of the molecule is Cc1cc(C(=O)COc2ccc(-c3nc4ccccc4s3)cc2)c(C)n1Cc1ccccc1. The Morgan fingerprint density at radius 3 is 2.42 bits per heavy atom. The summed E-state index contributed by atoms with van der Waals surface area (Å²) in [7, 11) is 0. The second-order valence-corrected chi connectivity index (χ2v) is 9.11. The average molecular weight is 453 g/mol. The normalized spacial score (nSPS) is 11.1. The van der Waals surface area contributed by atoms with E-state index in [4.69, 9.17) is 9.72 Å². The molecule has 5 heteroatoms. The highest BCUT2D eigenvalue weighted by Crippen LogP contribution is 2.31. The number of hydrogen-bond acceptors (Lipinski definition) is 4. The molecule has 0 aliphatic rings. The van der Waals surface area contributed by atoms with Crippen LogP contribution in [0.5, 0.6) is 5.75 Å². The third-order valence-electron chi connectivity index (χ3n) is 5.82. The minimum atomic E-state index is -0.0161. The molecule has 0 radical (unpaired) electrons. The van der Waals surface area contributed by atoms with Crippen LogP contribution >= 0.6 is 11.3 Å². The molecule has 0 bridgehead atoms. The van der Waals surface area contributed by atoms with Gasteiger partial charge in [-0.2, -0.15) is 0 Å². The summed E-state index contributed by atoms with van der Waals surface area (Å²) >= 11 is 1.67. The van der Waals surface area contributed by atoms with Crippen molar-refractivity contribution < 1.29 is 9.53 Å². The number of para-hydroxylation sites is 1. The molecule has 5 rings (SSSR count). The van der Waals surface area contributed by atoms with E-state index < -0.39 is 0 Å². The van der Waals surface area contributed by atoms with E-state index in [1.807, 2.05) is 80.6 Å². The monoisotopic (exact) mass is 452 g/mol. The van der Waals surface area contributed by atoms with Gasteiger partial charge in [0, 0.05) is 29.1 Å². The van der Waals surface area contributed by atoms with Gasteiger partial charge in [-0.15, -0.1) is 11.3 Å². The van der Waals surface area contributed by atoms with E-state index in [0.717, 1.165) is 39.6 Å². The maximum atomic E-state index is 12.9. The third-order valence-corrected chi connectivity index (χ3v) is 6.91. The topological polar surface area (TPSA) is 44.1 Å². The minimum Gasteiger partial charge on any atom is -0.485 e. The highest BCUT2D eigenvalue weighted by atomic mass is 32.1. The number of rotatable bonds is 7. The number of carbonyl (C=O) groups is 1. The summed E-state index contributed by atoms with van der Waals surface area (Å²) in [6, 6.07) is 28.1. The summed E-state index contributed by atoms with van der Waals surface area (Å²) < 4.78 is 9.16.